The zero-order valence-electron chi connectivity index (χ0n) is 23.6. The van der Waals surface area contributed by atoms with Crippen molar-refractivity contribution in [3.05, 3.63) is 23.0 Å². The lowest BCUT2D eigenvalue weighted by Crippen LogP contribution is -2.60. The van der Waals surface area contributed by atoms with Crippen molar-refractivity contribution in [2.45, 2.75) is 75.3 Å². The summed E-state index contributed by atoms with van der Waals surface area (Å²) < 4.78 is 71.9. The lowest BCUT2D eigenvalue weighted by Gasteiger charge is -2.40. The Labute approximate surface area is 245 Å². The van der Waals surface area contributed by atoms with Gasteiger partial charge in [0, 0.05) is 37.2 Å². The Morgan fingerprint density at radius 1 is 1.19 bits per heavy atom. The van der Waals surface area contributed by atoms with Crippen LogP contribution in [0.4, 0.5) is 29.2 Å². The van der Waals surface area contributed by atoms with E-state index in [1.165, 1.54) is 13.0 Å². The second kappa shape index (κ2) is 9.74. The average molecular weight is 601 g/mol. The third kappa shape index (κ3) is 4.20. The Morgan fingerprint density at radius 2 is 2.05 bits per heavy atom. The first-order valence-electron chi connectivity index (χ1n) is 14.8. The van der Waals surface area contributed by atoms with Gasteiger partial charge in [0.15, 0.2) is 5.82 Å². The van der Waals surface area contributed by atoms with Gasteiger partial charge in [0.2, 0.25) is 5.88 Å². The van der Waals surface area contributed by atoms with Gasteiger partial charge in [-0.25, -0.2) is 27.5 Å². The van der Waals surface area contributed by atoms with Gasteiger partial charge in [-0.05, 0) is 50.8 Å². The lowest BCUT2D eigenvalue weighted by atomic mass is 9.95. The molecular formula is C29H32F4N8O2. The summed E-state index contributed by atoms with van der Waals surface area (Å²) in [4.78, 5) is 22.0. The number of nitrogens with one attached hydrogen (secondary N) is 1. The smallest absolute Gasteiger partial charge is 0.319 e. The number of pyridine rings is 2. The molecule has 0 aromatic carbocycles. The van der Waals surface area contributed by atoms with Crippen molar-refractivity contribution in [3.8, 4) is 23.3 Å². The fourth-order valence-corrected chi connectivity index (χ4v) is 7.95. The number of fused-ring (bicyclic) bond motifs is 6. The number of anilines is 2. The Bertz CT molecular complexity index is 1630. The van der Waals surface area contributed by atoms with E-state index in [-0.39, 0.29) is 71.2 Å². The molecule has 10 nitrogen and oxygen atoms in total. The van der Waals surface area contributed by atoms with E-state index in [1.54, 1.807) is 0 Å². The fraction of sp³-hybridized carbons (Fsp3) is 0.586. The monoisotopic (exact) mass is 600 g/mol. The van der Waals surface area contributed by atoms with Crippen molar-refractivity contribution in [2.24, 2.45) is 0 Å². The molecule has 3 N–H and O–H groups in total. The maximum absolute atomic E-state index is 16.6. The molecule has 5 atom stereocenters. The normalized spacial score (nSPS) is 29.6. The van der Waals surface area contributed by atoms with E-state index in [4.69, 9.17) is 20.2 Å². The molecule has 14 heteroatoms. The van der Waals surface area contributed by atoms with Gasteiger partial charge >= 0.3 is 6.01 Å². The first-order valence-corrected chi connectivity index (χ1v) is 14.8. The number of halogens is 4. The van der Waals surface area contributed by atoms with Crippen molar-refractivity contribution in [3.63, 3.8) is 0 Å². The highest BCUT2D eigenvalue weighted by atomic mass is 19.3. The maximum Gasteiger partial charge on any atom is 0.319 e. The molecule has 0 spiro atoms. The van der Waals surface area contributed by atoms with Gasteiger partial charge in [-0.3, -0.25) is 4.90 Å². The van der Waals surface area contributed by atoms with Crippen LogP contribution in [0, 0.1) is 12.7 Å². The predicted molar refractivity (Wildman–Crippen MR) is 150 cm³/mol. The van der Waals surface area contributed by atoms with Crippen LogP contribution in [0.25, 0.3) is 22.3 Å². The second-order valence-corrected chi connectivity index (χ2v) is 12.5. The molecular weight excluding hydrogens is 568 g/mol. The number of nitrogens with zero attached hydrogens (tertiary/aromatic N) is 6. The summed E-state index contributed by atoms with van der Waals surface area (Å²) in [6.45, 7) is 3.63. The summed E-state index contributed by atoms with van der Waals surface area (Å²) in [5.74, 6) is -0.524. The third-order valence-corrected chi connectivity index (χ3v) is 9.89. The summed E-state index contributed by atoms with van der Waals surface area (Å²) in [6, 6.07) is 1.49. The minimum Gasteiger partial charge on any atom is -0.475 e. The van der Waals surface area contributed by atoms with E-state index in [1.807, 2.05) is 0 Å². The molecule has 8 heterocycles. The molecule has 4 saturated heterocycles. The number of nitrogen functional groups attached to an aromatic ring is 1. The molecule has 0 amide bonds. The third-order valence-electron chi connectivity index (χ3n) is 9.89. The molecule has 43 heavy (non-hydrogen) atoms. The minimum absolute atomic E-state index is 0.0388. The first-order chi connectivity index (χ1) is 20.7. The van der Waals surface area contributed by atoms with Crippen LogP contribution in [0.2, 0.25) is 0 Å². The van der Waals surface area contributed by atoms with Crippen LogP contribution in [0.15, 0.2) is 6.07 Å². The van der Waals surface area contributed by atoms with Gasteiger partial charge in [0.05, 0.1) is 11.6 Å². The van der Waals surface area contributed by atoms with Crippen LogP contribution in [-0.4, -0.2) is 87.5 Å². The van der Waals surface area contributed by atoms with Gasteiger partial charge in [-0.15, -0.1) is 0 Å². The van der Waals surface area contributed by atoms with Crippen LogP contribution in [0.1, 0.15) is 49.7 Å². The van der Waals surface area contributed by atoms with E-state index in [2.05, 4.69) is 30.1 Å². The van der Waals surface area contributed by atoms with Crippen LogP contribution in [0.5, 0.6) is 11.9 Å². The number of hydrogen-bond acceptors (Lipinski definition) is 10. The number of alkyl halides is 3. The van der Waals surface area contributed by atoms with E-state index >= 15 is 4.39 Å². The summed E-state index contributed by atoms with van der Waals surface area (Å²) >= 11 is 0. The molecule has 5 aliphatic rings. The molecule has 8 rings (SSSR count). The number of ether oxygens (including phenoxy) is 2. The summed E-state index contributed by atoms with van der Waals surface area (Å²) in [5, 5.41) is 3.88. The molecule has 4 fully saturated rings. The zero-order valence-corrected chi connectivity index (χ0v) is 23.6. The van der Waals surface area contributed by atoms with E-state index < -0.39 is 35.2 Å². The van der Waals surface area contributed by atoms with Crippen LogP contribution < -0.4 is 25.4 Å². The summed E-state index contributed by atoms with van der Waals surface area (Å²) in [5.41, 5.74) is 4.20. The van der Waals surface area contributed by atoms with Gasteiger partial charge in [0.1, 0.15) is 53.3 Å². The highest BCUT2D eigenvalue weighted by molar-refractivity contribution is 5.97. The second-order valence-electron chi connectivity index (χ2n) is 12.5. The quantitative estimate of drug-likeness (QED) is 0.420. The molecule has 0 aliphatic carbocycles. The Hall–Kier alpha value is -3.52. The number of aryl methyl sites for hydroxylation is 1. The van der Waals surface area contributed by atoms with Gasteiger partial charge in [-0.2, -0.15) is 9.97 Å². The Morgan fingerprint density at radius 3 is 2.88 bits per heavy atom. The molecule has 0 unspecified atom stereocenters. The number of hydrogen-bond donors (Lipinski definition) is 2. The SMILES string of the molecule is Cc1cc(N)nc(-c2nc3c4c(nc(OC[C@@]56CCCN5C[C@H](F)C6)nc4c2F)N2C[C@H]4CC[C@H](N4)[C@H]2CO3)c1C(F)F. The highest BCUT2D eigenvalue weighted by Gasteiger charge is 2.50. The number of piperazine rings is 1. The average Bonchev–Trinajstić information content (AvgIpc) is 3.59. The van der Waals surface area contributed by atoms with Crippen molar-refractivity contribution >= 4 is 22.5 Å². The summed E-state index contributed by atoms with van der Waals surface area (Å²) in [6.07, 6.45) is 0.134. The fourth-order valence-electron chi connectivity index (χ4n) is 7.95. The largest absolute Gasteiger partial charge is 0.475 e. The standard InChI is InChI=1S/C29H32F4N8O2/c1-13-7-18(34)36-23(19(13)25(32)33)24-21(31)22-20-26(41-10-15-3-4-16(35-15)17(41)11-42-27(20)37-24)39-28(38-22)43-12-29-5-2-6-40(29)9-14(30)8-29/h7,14-17,25,35H,2-6,8-12H2,1H3,(H2,34,36)/t14-,15-,16+,17-,29+/m1/s1. The lowest BCUT2D eigenvalue weighted by molar-refractivity contribution is 0.107. The Balaban J connectivity index is 1.30. The van der Waals surface area contributed by atoms with Crippen LogP contribution in [-0.2, 0) is 0 Å². The predicted octanol–water partition coefficient (Wildman–Crippen LogP) is 3.71. The number of nitrogens with two attached hydrogens (primary N) is 1. The van der Waals surface area contributed by atoms with E-state index in [0.717, 1.165) is 32.2 Å². The minimum atomic E-state index is -2.95. The van der Waals surface area contributed by atoms with Gasteiger partial charge < -0.3 is 25.4 Å². The molecule has 2 bridgehead atoms. The van der Waals surface area contributed by atoms with Gasteiger partial charge in [0.25, 0.3) is 6.43 Å². The number of aromatic nitrogens is 4. The number of rotatable bonds is 5. The highest BCUT2D eigenvalue weighted by Crippen LogP contribution is 2.45. The van der Waals surface area contributed by atoms with E-state index in [0.29, 0.717) is 25.3 Å². The zero-order chi connectivity index (χ0) is 29.6. The molecule has 3 aromatic heterocycles. The summed E-state index contributed by atoms with van der Waals surface area (Å²) in [7, 11) is 0. The molecule has 3 aromatic rings. The topological polar surface area (TPSA) is 115 Å². The van der Waals surface area contributed by atoms with Crippen molar-refractivity contribution in [1.82, 2.24) is 30.2 Å². The Kier molecular flexibility index (Phi) is 6.13. The molecule has 5 aliphatic heterocycles. The van der Waals surface area contributed by atoms with Crippen molar-refractivity contribution in [1.29, 1.82) is 0 Å². The van der Waals surface area contributed by atoms with E-state index in [9.17, 15) is 13.2 Å². The van der Waals surface area contributed by atoms with Crippen molar-refractivity contribution < 1.29 is 27.0 Å². The first kappa shape index (κ1) is 27.1. The molecule has 0 radical (unpaired) electrons. The molecule has 228 valence electrons. The van der Waals surface area contributed by atoms with Crippen LogP contribution in [0.3, 0.4) is 0 Å². The van der Waals surface area contributed by atoms with Crippen LogP contribution >= 0.6 is 0 Å². The molecule has 0 saturated carbocycles. The van der Waals surface area contributed by atoms with Gasteiger partial charge in [-0.1, -0.05) is 0 Å². The maximum atomic E-state index is 16.6. The van der Waals surface area contributed by atoms with Crippen molar-refractivity contribution in [2.75, 3.05) is 43.5 Å².